The second kappa shape index (κ2) is 4.91. The Labute approximate surface area is 103 Å². The molecule has 0 N–H and O–H groups in total. The molecule has 94 valence electrons. The summed E-state index contributed by atoms with van der Waals surface area (Å²) in [5.74, 6) is 0.00366. The van der Waals surface area contributed by atoms with E-state index in [0.717, 1.165) is 6.29 Å². The second-order valence-electron chi connectivity index (χ2n) is 3.64. The standard InChI is InChI=1S/C13H12O5/c1-16-10-4-3-8(5-6-14)11-9(13(15)17-2)7-18-12(10)11/h3-4,6-7H,5H2,1-2H3. The van der Waals surface area contributed by atoms with E-state index in [0.29, 0.717) is 27.8 Å². The van der Waals surface area contributed by atoms with Gasteiger partial charge < -0.3 is 18.7 Å². The van der Waals surface area contributed by atoms with E-state index in [-0.39, 0.29) is 6.42 Å². The van der Waals surface area contributed by atoms with Crippen LogP contribution in [0, 0.1) is 0 Å². The molecule has 1 aromatic carbocycles. The van der Waals surface area contributed by atoms with Gasteiger partial charge in [0.15, 0.2) is 11.3 Å². The molecule has 0 spiro atoms. The molecule has 1 aromatic heterocycles. The first-order valence-corrected chi connectivity index (χ1v) is 5.32. The van der Waals surface area contributed by atoms with E-state index in [1.165, 1.54) is 20.5 Å². The van der Waals surface area contributed by atoms with Crippen LogP contribution in [0.5, 0.6) is 5.75 Å². The Morgan fingerprint density at radius 3 is 2.78 bits per heavy atom. The van der Waals surface area contributed by atoms with Crippen molar-refractivity contribution in [1.82, 2.24) is 0 Å². The zero-order chi connectivity index (χ0) is 13.1. The molecule has 0 aliphatic heterocycles. The maximum absolute atomic E-state index is 11.6. The third-order valence-corrected chi connectivity index (χ3v) is 2.70. The van der Waals surface area contributed by atoms with Crippen LogP contribution < -0.4 is 4.74 Å². The van der Waals surface area contributed by atoms with E-state index >= 15 is 0 Å². The van der Waals surface area contributed by atoms with E-state index < -0.39 is 5.97 Å². The molecule has 0 saturated carbocycles. The van der Waals surface area contributed by atoms with Crippen LogP contribution in [0.4, 0.5) is 0 Å². The summed E-state index contributed by atoms with van der Waals surface area (Å²) in [6, 6.07) is 3.43. The molecule has 0 fully saturated rings. The van der Waals surface area contributed by atoms with E-state index in [9.17, 15) is 9.59 Å². The Balaban J connectivity index is 2.74. The average Bonchev–Trinajstić information content (AvgIpc) is 2.83. The molecule has 0 aliphatic carbocycles. The Morgan fingerprint density at radius 2 is 2.17 bits per heavy atom. The molecule has 18 heavy (non-hydrogen) atoms. The number of ether oxygens (including phenoxy) is 2. The first-order chi connectivity index (χ1) is 8.72. The lowest BCUT2D eigenvalue weighted by Crippen LogP contribution is -2.01. The van der Waals surface area contributed by atoms with Crippen molar-refractivity contribution in [3.05, 3.63) is 29.5 Å². The van der Waals surface area contributed by atoms with E-state index in [2.05, 4.69) is 4.74 Å². The summed E-state index contributed by atoms with van der Waals surface area (Å²) in [4.78, 5) is 22.3. The number of aldehydes is 1. The van der Waals surface area contributed by atoms with Crippen LogP contribution in [0.15, 0.2) is 22.8 Å². The summed E-state index contributed by atoms with van der Waals surface area (Å²) in [5.41, 5.74) is 1.44. The molecule has 0 saturated heterocycles. The van der Waals surface area contributed by atoms with Gasteiger partial charge in [0.05, 0.1) is 14.2 Å². The number of furan rings is 1. The molecule has 1 heterocycles. The second-order valence-corrected chi connectivity index (χ2v) is 3.64. The highest BCUT2D eigenvalue weighted by molar-refractivity contribution is 6.06. The van der Waals surface area contributed by atoms with Crippen molar-refractivity contribution in [1.29, 1.82) is 0 Å². The first-order valence-electron chi connectivity index (χ1n) is 5.32. The number of esters is 1. The minimum absolute atomic E-state index is 0.198. The van der Waals surface area contributed by atoms with E-state index in [4.69, 9.17) is 9.15 Å². The summed E-state index contributed by atoms with van der Waals surface area (Å²) in [6.07, 6.45) is 2.28. The van der Waals surface area contributed by atoms with Crippen molar-refractivity contribution in [2.75, 3.05) is 14.2 Å². The summed E-state index contributed by atoms with van der Waals surface area (Å²) < 4.78 is 15.2. The highest BCUT2D eigenvalue weighted by atomic mass is 16.5. The van der Waals surface area contributed by atoms with Crippen LogP contribution in [-0.2, 0) is 16.0 Å². The molecule has 0 amide bonds. The third kappa shape index (κ3) is 1.84. The molecule has 0 unspecified atom stereocenters. The molecular weight excluding hydrogens is 236 g/mol. The quantitative estimate of drug-likeness (QED) is 0.611. The zero-order valence-corrected chi connectivity index (χ0v) is 10.1. The van der Waals surface area contributed by atoms with Gasteiger partial charge in [-0.2, -0.15) is 0 Å². The number of methoxy groups -OCH3 is 2. The van der Waals surface area contributed by atoms with Crippen LogP contribution in [0.2, 0.25) is 0 Å². The number of rotatable bonds is 4. The molecule has 0 bridgehead atoms. The molecule has 2 rings (SSSR count). The summed E-state index contributed by atoms with van der Waals surface area (Å²) >= 11 is 0. The largest absolute Gasteiger partial charge is 0.493 e. The van der Waals surface area contributed by atoms with Gasteiger partial charge in [-0.05, 0) is 11.6 Å². The van der Waals surface area contributed by atoms with Crippen molar-refractivity contribution in [3.8, 4) is 5.75 Å². The number of carbonyl (C=O) groups is 2. The highest BCUT2D eigenvalue weighted by Gasteiger charge is 2.19. The molecular formula is C13H12O5. The first kappa shape index (κ1) is 12.2. The minimum Gasteiger partial charge on any atom is -0.493 e. The monoisotopic (exact) mass is 248 g/mol. The van der Waals surface area contributed by atoms with Gasteiger partial charge >= 0.3 is 5.97 Å². The lowest BCUT2D eigenvalue weighted by atomic mass is 10.0. The number of carbonyl (C=O) groups excluding carboxylic acids is 2. The smallest absolute Gasteiger partial charge is 0.341 e. The van der Waals surface area contributed by atoms with Gasteiger partial charge in [-0.25, -0.2) is 4.79 Å². The number of hydrogen-bond acceptors (Lipinski definition) is 5. The molecule has 0 aliphatic rings. The Kier molecular flexibility index (Phi) is 3.32. The van der Waals surface area contributed by atoms with Crippen molar-refractivity contribution in [2.24, 2.45) is 0 Å². The maximum atomic E-state index is 11.6. The molecule has 0 radical (unpaired) electrons. The van der Waals surface area contributed by atoms with Crippen LogP contribution >= 0.6 is 0 Å². The molecule has 2 aromatic rings. The zero-order valence-electron chi connectivity index (χ0n) is 10.1. The van der Waals surface area contributed by atoms with Crippen LogP contribution in [0.25, 0.3) is 11.0 Å². The number of hydrogen-bond donors (Lipinski definition) is 0. The fourth-order valence-electron chi connectivity index (χ4n) is 1.87. The fraction of sp³-hybridized carbons (Fsp3) is 0.231. The Morgan fingerprint density at radius 1 is 1.39 bits per heavy atom. The van der Waals surface area contributed by atoms with Gasteiger partial charge in [-0.1, -0.05) is 6.07 Å². The van der Waals surface area contributed by atoms with Crippen molar-refractivity contribution in [2.45, 2.75) is 6.42 Å². The molecule has 5 nitrogen and oxygen atoms in total. The van der Waals surface area contributed by atoms with Crippen molar-refractivity contribution < 1.29 is 23.5 Å². The number of benzene rings is 1. The fourth-order valence-corrected chi connectivity index (χ4v) is 1.87. The third-order valence-electron chi connectivity index (χ3n) is 2.70. The lowest BCUT2D eigenvalue weighted by Gasteiger charge is -2.05. The van der Waals surface area contributed by atoms with Gasteiger partial charge in [0, 0.05) is 11.8 Å². The summed E-state index contributed by atoms with van der Waals surface area (Å²) in [6.45, 7) is 0. The summed E-state index contributed by atoms with van der Waals surface area (Å²) in [5, 5.41) is 0.563. The van der Waals surface area contributed by atoms with E-state index in [1.807, 2.05) is 0 Å². The van der Waals surface area contributed by atoms with Gasteiger partial charge in [-0.15, -0.1) is 0 Å². The van der Waals surface area contributed by atoms with Crippen molar-refractivity contribution >= 4 is 23.2 Å². The van der Waals surface area contributed by atoms with Gasteiger partial charge in [0.1, 0.15) is 18.1 Å². The maximum Gasteiger partial charge on any atom is 0.341 e. The SMILES string of the molecule is COC(=O)c1coc2c(OC)ccc(CC=O)c12. The van der Waals surface area contributed by atoms with Crippen LogP contribution in [0.3, 0.4) is 0 Å². The van der Waals surface area contributed by atoms with Crippen molar-refractivity contribution in [3.63, 3.8) is 0 Å². The molecule has 5 heteroatoms. The minimum atomic E-state index is -0.505. The predicted molar refractivity (Wildman–Crippen MR) is 63.9 cm³/mol. The topological polar surface area (TPSA) is 65.7 Å². The average molecular weight is 248 g/mol. The molecule has 0 atom stereocenters. The Hall–Kier alpha value is -2.30. The lowest BCUT2D eigenvalue weighted by molar-refractivity contribution is -0.107. The highest BCUT2D eigenvalue weighted by Crippen LogP contribution is 2.33. The summed E-state index contributed by atoms with van der Waals surface area (Å²) in [7, 11) is 2.80. The van der Waals surface area contributed by atoms with Gasteiger partial charge in [-0.3, -0.25) is 0 Å². The Bertz CT molecular complexity index is 597. The van der Waals surface area contributed by atoms with Gasteiger partial charge in [0.25, 0.3) is 0 Å². The van der Waals surface area contributed by atoms with Crippen LogP contribution in [0.1, 0.15) is 15.9 Å². The van der Waals surface area contributed by atoms with Gasteiger partial charge in [0.2, 0.25) is 0 Å². The normalized spacial score (nSPS) is 10.3. The van der Waals surface area contributed by atoms with E-state index in [1.54, 1.807) is 12.1 Å². The predicted octanol–water partition coefficient (Wildman–Crippen LogP) is 1.97. The van der Waals surface area contributed by atoms with Crippen LogP contribution in [-0.4, -0.2) is 26.5 Å². The number of fused-ring (bicyclic) bond motifs is 1.